The summed E-state index contributed by atoms with van der Waals surface area (Å²) in [6.07, 6.45) is 5.24. The fraction of sp³-hybridized carbons (Fsp3) is 0.433. The van der Waals surface area contributed by atoms with Gasteiger partial charge in [-0.3, -0.25) is 9.69 Å². The fourth-order valence-corrected chi connectivity index (χ4v) is 5.12. The summed E-state index contributed by atoms with van der Waals surface area (Å²) in [6.45, 7) is 7.50. The number of benzene rings is 2. The van der Waals surface area contributed by atoms with Crippen molar-refractivity contribution in [3.8, 4) is 22.4 Å². The second-order valence-corrected chi connectivity index (χ2v) is 11.2. The van der Waals surface area contributed by atoms with Gasteiger partial charge in [0.2, 0.25) is 5.91 Å². The Morgan fingerprint density at radius 3 is 2.34 bits per heavy atom. The number of likely N-dealkylation sites (tertiary alicyclic amines) is 1. The second-order valence-electron chi connectivity index (χ2n) is 11.2. The van der Waals surface area contributed by atoms with Crippen molar-refractivity contribution in [2.75, 3.05) is 13.1 Å². The number of nitrogens with one attached hydrogen (secondary N) is 3. The highest BCUT2D eigenvalue weighted by atomic mass is 16.6. The molecule has 2 aromatic carbocycles. The SMILES string of the molecule is CC(C)(C)OC(=O)N1CCC[C@H]1C(=O)NCc1ccc(-c2ccc(-c3cnc([C@@H]4CCCN4)[nH]3)cc2)cc1. The van der Waals surface area contributed by atoms with Crippen LogP contribution in [0.25, 0.3) is 22.4 Å². The lowest BCUT2D eigenvalue weighted by Crippen LogP contribution is -2.47. The topological polar surface area (TPSA) is 99.3 Å². The van der Waals surface area contributed by atoms with E-state index in [-0.39, 0.29) is 5.91 Å². The first-order valence-electron chi connectivity index (χ1n) is 13.5. The molecule has 2 aliphatic rings. The minimum absolute atomic E-state index is 0.140. The Bertz CT molecular complexity index is 1250. The lowest BCUT2D eigenvalue weighted by molar-refractivity contribution is -0.125. The molecule has 0 aliphatic carbocycles. The molecule has 8 heteroatoms. The number of imidazole rings is 1. The predicted octanol–water partition coefficient (Wildman–Crippen LogP) is 5.18. The zero-order valence-electron chi connectivity index (χ0n) is 22.4. The van der Waals surface area contributed by atoms with Crippen molar-refractivity contribution in [2.45, 2.75) is 70.7 Å². The number of aromatic nitrogens is 2. The third kappa shape index (κ3) is 6.07. The molecule has 3 N–H and O–H groups in total. The number of ether oxygens (including phenoxy) is 1. The molecule has 0 radical (unpaired) electrons. The predicted molar refractivity (Wildman–Crippen MR) is 147 cm³/mol. The molecule has 2 aliphatic heterocycles. The van der Waals surface area contributed by atoms with Crippen LogP contribution < -0.4 is 10.6 Å². The molecule has 200 valence electrons. The standard InChI is InChI=1S/C30H37N5O3/c1-30(2,3)38-29(37)35-17-5-7-26(35)28(36)33-18-20-8-10-21(11-9-20)22-12-14-23(15-13-22)25-19-32-27(34-25)24-6-4-16-31-24/h8-15,19,24,26,31H,4-7,16-18H2,1-3H3,(H,32,34)(H,33,36)/t24-,26-/m0/s1. The molecule has 2 fully saturated rings. The van der Waals surface area contributed by atoms with Crippen molar-refractivity contribution in [2.24, 2.45) is 0 Å². The summed E-state index contributed by atoms with van der Waals surface area (Å²) in [6, 6.07) is 16.5. The Morgan fingerprint density at radius 2 is 1.68 bits per heavy atom. The van der Waals surface area contributed by atoms with Gasteiger partial charge in [-0.2, -0.15) is 0 Å². The zero-order chi connectivity index (χ0) is 26.7. The van der Waals surface area contributed by atoms with Crippen molar-refractivity contribution in [1.29, 1.82) is 0 Å². The van der Waals surface area contributed by atoms with E-state index in [1.54, 1.807) is 4.90 Å². The van der Waals surface area contributed by atoms with Crippen molar-refractivity contribution >= 4 is 12.0 Å². The third-order valence-corrected chi connectivity index (χ3v) is 7.12. The number of hydrogen-bond donors (Lipinski definition) is 3. The van der Waals surface area contributed by atoms with E-state index in [0.717, 1.165) is 53.2 Å². The summed E-state index contributed by atoms with van der Waals surface area (Å²) in [7, 11) is 0. The maximum Gasteiger partial charge on any atom is 0.410 e. The van der Waals surface area contributed by atoms with E-state index in [9.17, 15) is 9.59 Å². The second kappa shape index (κ2) is 11.0. The van der Waals surface area contributed by atoms with Gasteiger partial charge in [0.05, 0.1) is 17.9 Å². The van der Waals surface area contributed by atoms with Crippen LogP contribution in [0.3, 0.4) is 0 Å². The van der Waals surface area contributed by atoms with Gasteiger partial charge in [0.1, 0.15) is 17.5 Å². The Labute approximate surface area is 224 Å². The highest BCUT2D eigenvalue weighted by molar-refractivity contribution is 5.86. The van der Waals surface area contributed by atoms with Crippen molar-refractivity contribution < 1.29 is 14.3 Å². The quantitative estimate of drug-likeness (QED) is 0.420. The molecular weight excluding hydrogens is 478 g/mol. The lowest BCUT2D eigenvalue weighted by atomic mass is 10.0. The highest BCUT2D eigenvalue weighted by Crippen LogP contribution is 2.27. The monoisotopic (exact) mass is 515 g/mol. The molecule has 8 nitrogen and oxygen atoms in total. The average molecular weight is 516 g/mol. The molecule has 2 atom stereocenters. The lowest BCUT2D eigenvalue weighted by Gasteiger charge is -2.28. The molecule has 3 heterocycles. The minimum Gasteiger partial charge on any atom is -0.444 e. The molecule has 0 unspecified atom stereocenters. The Balaban J connectivity index is 1.16. The zero-order valence-corrected chi connectivity index (χ0v) is 22.4. The maximum atomic E-state index is 12.8. The average Bonchev–Trinajstić information content (AvgIpc) is 3.68. The molecule has 1 aromatic heterocycles. The van der Waals surface area contributed by atoms with E-state index < -0.39 is 17.7 Å². The van der Waals surface area contributed by atoms with Gasteiger partial charge in [-0.25, -0.2) is 9.78 Å². The van der Waals surface area contributed by atoms with E-state index in [4.69, 9.17) is 4.74 Å². The van der Waals surface area contributed by atoms with Crippen LogP contribution in [0.2, 0.25) is 0 Å². The number of carbonyl (C=O) groups is 2. The fourth-order valence-electron chi connectivity index (χ4n) is 5.12. The molecule has 38 heavy (non-hydrogen) atoms. The molecule has 2 saturated heterocycles. The van der Waals surface area contributed by atoms with Gasteiger partial charge in [-0.05, 0) is 75.3 Å². The number of hydrogen-bond acceptors (Lipinski definition) is 5. The maximum absolute atomic E-state index is 12.8. The van der Waals surface area contributed by atoms with Crippen LogP contribution >= 0.6 is 0 Å². The molecule has 3 aromatic rings. The Hall–Kier alpha value is -3.65. The summed E-state index contributed by atoms with van der Waals surface area (Å²) in [5.74, 6) is 0.869. The number of aromatic amines is 1. The van der Waals surface area contributed by atoms with Gasteiger partial charge in [-0.1, -0.05) is 48.5 Å². The van der Waals surface area contributed by atoms with Crippen LogP contribution in [-0.2, 0) is 16.1 Å². The van der Waals surface area contributed by atoms with Crippen LogP contribution in [0.4, 0.5) is 4.79 Å². The minimum atomic E-state index is -0.585. The van der Waals surface area contributed by atoms with Gasteiger partial charge < -0.3 is 20.4 Å². The molecule has 2 amide bonds. The molecular formula is C30H37N5O3. The van der Waals surface area contributed by atoms with Crippen LogP contribution in [0.15, 0.2) is 54.7 Å². The molecule has 0 saturated carbocycles. The summed E-state index contributed by atoms with van der Waals surface area (Å²) >= 11 is 0. The smallest absolute Gasteiger partial charge is 0.410 e. The first-order valence-corrected chi connectivity index (χ1v) is 13.5. The normalized spacial score (nSPS) is 19.5. The van der Waals surface area contributed by atoms with Gasteiger partial charge >= 0.3 is 6.09 Å². The summed E-state index contributed by atoms with van der Waals surface area (Å²) in [5.41, 5.74) is 4.79. The van der Waals surface area contributed by atoms with E-state index >= 15 is 0 Å². The first kappa shape index (κ1) is 26.0. The largest absolute Gasteiger partial charge is 0.444 e. The summed E-state index contributed by atoms with van der Waals surface area (Å²) in [4.78, 5) is 34.9. The third-order valence-electron chi connectivity index (χ3n) is 7.12. The van der Waals surface area contributed by atoms with Crippen LogP contribution in [0, 0.1) is 0 Å². The summed E-state index contributed by atoms with van der Waals surface area (Å²) in [5, 5.41) is 6.47. The number of amides is 2. The van der Waals surface area contributed by atoms with Crippen LogP contribution in [0.5, 0.6) is 0 Å². The van der Waals surface area contributed by atoms with Crippen molar-refractivity contribution in [3.63, 3.8) is 0 Å². The van der Waals surface area contributed by atoms with E-state index in [1.165, 1.54) is 6.42 Å². The first-order chi connectivity index (χ1) is 18.3. The molecule has 0 spiro atoms. The molecule has 5 rings (SSSR count). The molecule has 0 bridgehead atoms. The highest BCUT2D eigenvalue weighted by Gasteiger charge is 2.36. The van der Waals surface area contributed by atoms with E-state index in [1.807, 2.05) is 39.1 Å². The number of carbonyl (C=O) groups excluding carboxylic acids is 2. The van der Waals surface area contributed by atoms with Crippen LogP contribution in [-0.4, -0.2) is 51.6 Å². The summed E-state index contributed by atoms with van der Waals surface area (Å²) < 4.78 is 5.47. The van der Waals surface area contributed by atoms with Gasteiger partial charge in [0.15, 0.2) is 0 Å². The number of nitrogens with zero attached hydrogens (tertiary/aromatic N) is 2. The van der Waals surface area contributed by atoms with Crippen molar-refractivity contribution in [1.82, 2.24) is 25.5 Å². The van der Waals surface area contributed by atoms with Crippen LogP contribution in [0.1, 0.15) is 63.9 Å². The number of H-pyrrole nitrogens is 1. The Kier molecular flexibility index (Phi) is 7.51. The van der Waals surface area contributed by atoms with Gasteiger partial charge in [-0.15, -0.1) is 0 Å². The van der Waals surface area contributed by atoms with E-state index in [2.05, 4.69) is 57.0 Å². The Morgan fingerprint density at radius 1 is 1.00 bits per heavy atom. The van der Waals surface area contributed by atoms with Gasteiger partial charge in [0.25, 0.3) is 0 Å². The van der Waals surface area contributed by atoms with Gasteiger partial charge in [0, 0.05) is 13.1 Å². The van der Waals surface area contributed by atoms with Crippen molar-refractivity contribution in [3.05, 3.63) is 66.1 Å². The van der Waals surface area contributed by atoms with E-state index in [0.29, 0.717) is 25.6 Å². The number of rotatable bonds is 6.